The van der Waals surface area contributed by atoms with E-state index < -0.39 is 5.76 Å². The summed E-state index contributed by atoms with van der Waals surface area (Å²) in [4.78, 5) is 25.5. The zero-order chi connectivity index (χ0) is 15.5. The summed E-state index contributed by atoms with van der Waals surface area (Å²) in [5.74, 6) is -1.04. The predicted octanol–water partition coefficient (Wildman–Crippen LogP) is 2.83. The van der Waals surface area contributed by atoms with Gasteiger partial charge in [0.1, 0.15) is 5.82 Å². The van der Waals surface area contributed by atoms with Crippen molar-refractivity contribution in [3.05, 3.63) is 64.4 Å². The minimum atomic E-state index is -0.537. The molecule has 3 aromatic rings. The second-order valence-corrected chi connectivity index (χ2v) is 4.90. The van der Waals surface area contributed by atoms with E-state index >= 15 is 0 Å². The second kappa shape index (κ2) is 5.85. The lowest BCUT2D eigenvalue weighted by Crippen LogP contribution is -2.12. The topological polar surface area (TPSA) is 75.1 Å². The zero-order valence-corrected chi connectivity index (χ0v) is 11.6. The van der Waals surface area contributed by atoms with Gasteiger partial charge in [-0.25, -0.2) is 9.18 Å². The monoisotopic (exact) mass is 300 g/mol. The number of nitrogens with one attached hydrogen (secondary N) is 2. The smallest absolute Gasteiger partial charge is 0.408 e. The van der Waals surface area contributed by atoms with Gasteiger partial charge >= 0.3 is 5.76 Å². The zero-order valence-electron chi connectivity index (χ0n) is 11.6. The Balaban J connectivity index is 1.64. The Morgan fingerprint density at radius 1 is 1.23 bits per heavy atom. The summed E-state index contributed by atoms with van der Waals surface area (Å²) in [7, 11) is 0. The summed E-state index contributed by atoms with van der Waals surface area (Å²) in [6.45, 7) is 0. The van der Waals surface area contributed by atoms with E-state index in [1.54, 1.807) is 30.3 Å². The Labute approximate surface area is 124 Å². The Morgan fingerprint density at radius 2 is 2.09 bits per heavy atom. The van der Waals surface area contributed by atoms with Crippen molar-refractivity contribution in [2.75, 3.05) is 5.32 Å². The number of halogens is 1. The molecule has 0 spiro atoms. The van der Waals surface area contributed by atoms with E-state index in [4.69, 9.17) is 4.42 Å². The van der Waals surface area contributed by atoms with Crippen molar-refractivity contribution in [2.45, 2.75) is 12.8 Å². The van der Waals surface area contributed by atoms with Crippen LogP contribution >= 0.6 is 0 Å². The van der Waals surface area contributed by atoms with E-state index in [0.29, 0.717) is 23.2 Å². The number of aromatic amines is 1. The first-order chi connectivity index (χ1) is 10.6. The molecule has 0 aliphatic heterocycles. The molecule has 1 amide bonds. The fraction of sp³-hybridized carbons (Fsp3) is 0.125. The van der Waals surface area contributed by atoms with E-state index in [1.807, 2.05) is 0 Å². The summed E-state index contributed by atoms with van der Waals surface area (Å²) in [6, 6.07) is 11.1. The van der Waals surface area contributed by atoms with Crippen LogP contribution in [0.1, 0.15) is 12.0 Å². The largest absolute Gasteiger partial charge is 0.417 e. The summed E-state index contributed by atoms with van der Waals surface area (Å²) < 4.78 is 18.0. The van der Waals surface area contributed by atoms with Gasteiger partial charge in [0.05, 0.1) is 5.52 Å². The molecule has 0 unspecified atom stereocenters. The average Bonchev–Trinajstić information content (AvgIpc) is 2.84. The molecule has 6 heteroatoms. The number of carbonyl (C=O) groups excluding carboxylic acids is 1. The number of rotatable bonds is 4. The maximum absolute atomic E-state index is 13.0. The van der Waals surface area contributed by atoms with Crippen molar-refractivity contribution in [2.24, 2.45) is 0 Å². The summed E-state index contributed by atoms with van der Waals surface area (Å²) in [5.41, 5.74) is 2.26. The van der Waals surface area contributed by atoms with Crippen LogP contribution in [-0.4, -0.2) is 10.9 Å². The lowest BCUT2D eigenvalue weighted by Gasteiger charge is -2.05. The van der Waals surface area contributed by atoms with Crippen LogP contribution < -0.4 is 11.1 Å². The van der Waals surface area contributed by atoms with Crippen molar-refractivity contribution in [1.29, 1.82) is 0 Å². The highest BCUT2D eigenvalue weighted by Gasteiger charge is 2.06. The summed E-state index contributed by atoms with van der Waals surface area (Å²) >= 11 is 0. The van der Waals surface area contributed by atoms with Crippen LogP contribution in [0.3, 0.4) is 0 Å². The molecule has 0 radical (unpaired) electrons. The summed E-state index contributed by atoms with van der Waals surface area (Å²) in [6.07, 6.45) is 0.684. The fourth-order valence-electron chi connectivity index (χ4n) is 2.20. The quantitative estimate of drug-likeness (QED) is 0.778. The Kier molecular flexibility index (Phi) is 3.74. The molecule has 2 aromatic carbocycles. The molecule has 0 bridgehead atoms. The molecule has 5 nitrogen and oxygen atoms in total. The maximum atomic E-state index is 13.0. The molecule has 3 rings (SSSR count). The molecule has 112 valence electrons. The summed E-state index contributed by atoms with van der Waals surface area (Å²) in [5, 5.41) is 2.72. The highest BCUT2D eigenvalue weighted by molar-refractivity contribution is 5.92. The van der Waals surface area contributed by atoms with Gasteiger partial charge in [-0.05, 0) is 36.2 Å². The van der Waals surface area contributed by atoms with E-state index in [9.17, 15) is 14.0 Å². The standard InChI is InChI=1S/C16H13FN2O3/c17-11-3-1-2-10(8-11)4-7-15(20)18-12-5-6-13-14(9-12)22-16(21)19-13/h1-3,5-6,8-9H,4,7H2,(H,18,20)(H,19,21). The number of benzene rings is 2. The number of aromatic nitrogens is 1. The van der Waals surface area contributed by atoms with Gasteiger partial charge in [-0.3, -0.25) is 9.78 Å². The number of hydrogen-bond acceptors (Lipinski definition) is 3. The lowest BCUT2D eigenvalue weighted by molar-refractivity contribution is -0.116. The van der Waals surface area contributed by atoms with Gasteiger partial charge < -0.3 is 9.73 Å². The van der Waals surface area contributed by atoms with E-state index in [0.717, 1.165) is 5.56 Å². The molecule has 0 aliphatic carbocycles. The molecule has 0 aliphatic rings. The van der Waals surface area contributed by atoms with Crippen molar-refractivity contribution >= 4 is 22.7 Å². The molecule has 1 aromatic heterocycles. The van der Waals surface area contributed by atoms with E-state index in [2.05, 4.69) is 10.3 Å². The second-order valence-electron chi connectivity index (χ2n) is 4.90. The first-order valence-electron chi connectivity index (χ1n) is 6.77. The van der Waals surface area contributed by atoms with Crippen LogP contribution in [-0.2, 0) is 11.2 Å². The minimum Gasteiger partial charge on any atom is -0.408 e. The lowest BCUT2D eigenvalue weighted by atomic mass is 10.1. The molecule has 0 atom stereocenters. The normalized spacial score (nSPS) is 10.8. The van der Waals surface area contributed by atoms with E-state index in [1.165, 1.54) is 12.1 Å². The van der Waals surface area contributed by atoms with Gasteiger partial charge in [-0.15, -0.1) is 0 Å². The fourth-order valence-corrected chi connectivity index (χ4v) is 2.20. The Morgan fingerprint density at radius 3 is 2.91 bits per heavy atom. The third-order valence-corrected chi connectivity index (χ3v) is 3.23. The molecule has 22 heavy (non-hydrogen) atoms. The van der Waals surface area contributed by atoms with Crippen molar-refractivity contribution in [1.82, 2.24) is 4.98 Å². The van der Waals surface area contributed by atoms with Crippen LogP contribution in [0.5, 0.6) is 0 Å². The number of amides is 1. The maximum Gasteiger partial charge on any atom is 0.417 e. The highest BCUT2D eigenvalue weighted by Crippen LogP contribution is 2.16. The van der Waals surface area contributed by atoms with Crippen LogP contribution in [0.25, 0.3) is 11.1 Å². The van der Waals surface area contributed by atoms with Crippen LogP contribution in [0.15, 0.2) is 51.7 Å². The average molecular weight is 300 g/mol. The van der Waals surface area contributed by atoms with Gasteiger partial charge in [0.15, 0.2) is 5.58 Å². The van der Waals surface area contributed by atoms with Crippen LogP contribution in [0, 0.1) is 5.82 Å². The third kappa shape index (κ3) is 3.22. The molecule has 0 saturated heterocycles. The van der Waals surface area contributed by atoms with Gasteiger partial charge in [-0.2, -0.15) is 0 Å². The number of H-pyrrole nitrogens is 1. The number of aryl methyl sites for hydroxylation is 1. The van der Waals surface area contributed by atoms with Crippen molar-refractivity contribution in [3.8, 4) is 0 Å². The number of anilines is 1. The number of oxazole rings is 1. The Hall–Kier alpha value is -2.89. The first kappa shape index (κ1) is 14.1. The molecular formula is C16H13FN2O3. The van der Waals surface area contributed by atoms with Gasteiger partial charge in [0, 0.05) is 18.2 Å². The molecular weight excluding hydrogens is 287 g/mol. The van der Waals surface area contributed by atoms with Crippen molar-refractivity contribution in [3.63, 3.8) is 0 Å². The molecule has 0 saturated carbocycles. The molecule has 2 N–H and O–H groups in total. The minimum absolute atomic E-state index is 0.193. The first-order valence-corrected chi connectivity index (χ1v) is 6.77. The number of fused-ring (bicyclic) bond motifs is 1. The van der Waals surface area contributed by atoms with Gasteiger partial charge in [0.25, 0.3) is 0 Å². The van der Waals surface area contributed by atoms with Crippen LogP contribution in [0.4, 0.5) is 10.1 Å². The van der Waals surface area contributed by atoms with E-state index in [-0.39, 0.29) is 18.1 Å². The predicted molar refractivity (Wildman–Crippen MR) is 80.2 cm³/mol. The highest BCUT2D eigenvalue weighted by atomic mass is 19.1. The van der Waals surface area contributed by atoms with Gasteiger partial charge in [0.2, 0.25) is 5.91 Å². The van der Waals surface area contributed by atoms with Crippen LogP contribution in [0.2, 0.25) is 0 Å². The Bertz CT molecular complexity index is 882. The number of hydrogen-bond donors (Lipinski definition) is 2. The SMILES string of the molecule is O=C(CCc1cccc(F)c1)Nc1ccc2[nH]c(=O)oc2c1. The number of carbonyl (C=O) groups is 1. The molecule has 0 fully saturated rings. The third-order valence-electron chi connectivity index (χ3n) is 3.23. The van der Waals surface area contributed by atoms with Gasteiger partial charge in [-0.1, -0.05) is 12.1 Å². The van der Waals surface area contributed by atoms with Crippen molar-refractivity contribution < 1.29 is 13.6 Å². The molecule has 1 heterocycles.